The number of hydrogen-bond acceptors (Lipinski definition) is 7. The van der Waals surface area contributed by atoms with Crippen molar-refractivity contribution in [3.05, 3.63) is 36.0 Å². The van der Waals surface area contributed by atoms with Crippen molar-refractivity contribution in [3.8, 4) is 0 Å². The molecule has 10 unspecified atom stereocenters. The summed E-state index contributed by atoms with van der Waals surface area (Å²) in [5, 5.41) is 22.2. The number of cyclic esters (lactones) is 1. The van der Waals surface area contributed by atoms with Crippen LogP contribution < -0.4 is 0 Å². The molecule has 0 spiro atoms. The monoisotopic (exact) mass is 722 g/mol. The second kappa shape index (κ2) is 17.2. The van der Waals surface area contributed by atoms with Crippen LogP contribution in [0.4, 0.5) is 0 Å². The molecular weight excluding hydrogens is 649 g/mol. The summed E-state index contributed by atoms with van der Waals surface area (Å²) < 4.78 is 25.8. The van der Waals surface area contributed by atoms with Crippen LogP contribution in [-0.2, 0) is 23.1 Å². The zero-order valence-electron chi connectivity index (χ0n) is 34.1. The summed E-state index contributed by atoms with van der Waals surface area (Å²) in [6.45, 7) is 34.7. The molecule has 0 aliphatic carbocycles. The molecule has 49 heavy (non-hydrogen) atoms. The van der Waals surface area contributed by atoms with E-state index in [-0.39, 0.29) is 46.7 Å². The Balaban J connectivity index is 2.14. The second-order valence-electron chi connectivity index (χ2n) is 18.5. The summed E-state index contributed by atoms with van der Waals surface area (Å²) in [6.07, 6.45) is 11.2. The number of ether oxygens (including phenoxy) is 2. The van der Waals surface area contributed by atoms with Gasteiger partial charge >= 0.3 is 5.97 Å². The van der Waals surface area contributed by atoms with Gasteiger partial charge in [-0.1, -0.05) is 99.6 Å². The SMILES string of the molecule is CCC(O[Si](C)(C)C(C)(C)C)C(C)C1OC1CC(C)/C=C/C=C(\C)C1OC(=O)CC(O[Si](C)(C)C(C)(C)C)CCC(C)(O)C(O)/C=C/C1C. The second-order valence-corrected chi connectivity index (χ2v) is 28.0. The zero-order valence-corrected chi connectivity index (χ0v) is 36.1. The van der Waals surface area contributed by atoms with Gasteiger partial charge in [-0.2, -0.15) is 0 Å². The van der Waals surface area contributed by atoms with E-state index >= 15 is 0 Å². The normalized spacial score (nSPS) is 32.5. The molecule has 9 heteroatoms. The van der Waals surface area contributed by atoms with Crippen LogP contribution in [-0.4, -0.2) is 75.0 Å². The lowest BCUT2D eigenvalue weighted by molar-refractivity contribution is -0.151. The highest BCUT2D eigenvalue weighted by molar-refractivity contribution is 6.74. The molecule has 0 saturated carbocycles. The van der Waals surface area contributed by atoms with E-state index in [0.717, 1.165) is 18.4 Å². The molecule has 0 aromatic carbocycles. The molecule has 10 atom stereocenters. The predicted octanol–water partition coefficient (Wildman–Crippen LogP) is 9.51. The molecule has 2 N–H and O–H groups in total. The molecule has 0 bridgehead atoms. The summed E-state index contributed by atoms with van der Waals surface area (Å²) >= 11 is 0. The highest BCUT2D eigenvalue weighted by atomic mass is 28.4. The van der Waals surface area contributed by atoms with Gasteiger partial charge in [0, 0.05) is 17.9 Å². The number of aliphatic hydroxyl groups excluding tert-OH is 1. The first kappa shape index (κ1) is 44.1. The lowest BCUT2D eigenvalue weighted by Gasteiger charge is -2.40. The molecule has 0 aromatic heterocycles. The van der Waals surface area contributed by atoms with E-state index in [2.05, 4.69) is 101 Å². The van der Waals surface area contributed by atoms with Crippen LogP contribution in [0.15, 0.2) is 36.0 Å². The van der Waals surface area contributed by atoms with Crippen LogP contribution in [0.1, 0.15) is 115 Å². The minimum Gasteiger partial charge on any atom is -0.457 e. The van der Waals surface area contributed by atoms with E-state index in [1.807, 2.05) is 26.0 Å². The first-order valence-corrected chi connectivity index (χ1v) is 24.7. The summed E-state index contributed by atoms with van der Waals surface area (Å²) in [5.41, 5.74) is -0.429. The fourth-order valence-corrected chi connectivity index (χ4v) is 8.93. The van der Waals surface area contributed by atoms with Crippen molar-refractivity contribution >= 4 is 22.6 Å². The third kappa shape index (κ3) is 12.8. The molecular formula is C40H74O7Si2. The average Bonchev–Trinajstić information content (AvgIpc) is 3.72. The van der Waals surface area contributed by atoms with Crippen LogP contribution in [0, 0.1) is 17.8 Å². The van der Waals surface area contributed by atoms with Crippen molar-refractivity contribution in [1.82, 2.24) is 0 Å². The molecule has 2 aliphatic rings. The fraction of sp³-hybridized carbons (Fsp3) is 0.825. The van der Waals surface area contributed by atoms with Crippen LogP contribution in [0.2, 0.25) is 36.3 Å². The lowest BCUT2D eigenvalue weighted by Crippen LogP contribution is -2.46. The van der Waals surface area contributed by atoms with E-state index < -0.39 is 40.5 Å². The molecule has 0 amide bonds. The van der Waals surface area contributed by atoms with Crippen molar-refractivity contribution in [1.29, 1.82) is 0 Å². The van der Waals surface area contributed by atoms with Gasteiger partial charge < -0.3 is 28.5 Å². The zero-order chi connectivity index (χ0) is 37.8. The fourth-order valence-electron chi connectivity index (χ4n) is 6.05. The van der Waals surface area contributed by atoms with Gasteiger partial charge in [0.05, 0.1) is 30.3 Å². The van der Waals surface area contributed by atoms with Crippen molar-refractivity contribution in [2.75, 3.05) is 0 Å². The molecule has 2 heterocycles. The maximum absolute atomic E-state index is 13.4. The van der Waals surface area contributed by atoms with Crippen LogP contribution in [0.5, 0.6) is 0 Å². The van der Waals surface area contributed by atoms with E-state index in [4.69, 9.17) is 18.3 Å². The Kier molecular flexibility index (Phi) is 15.4. The minimum atomic E-state index is -2.20. The number of rotatable bonds is 12. The summed E-state index contributed by atoms with van der Waals surface area (Å²) in [5.74, 6) is 0.142. The van der Waals surface area contributed by atoms with Crippen molar-refractivity contribution in [2.45, 2.75) is 194 Å². The number of epoxide rings is 1. The Hall–Kier alpha value is -1.08. The number of carbonyl (C=O) groups is 1. The van der Waals surface area contributed by atoms with E-state index in [1.165, 1.54) is 0 Å². The van der Waals surface area contributed by atoms with Gasteiger partial charge in [-0.15, -0.1) is 0 Å². The largest absolute Gasteiger partial charge is 0.457 e. The molecule has 7 nitrogen and oxygen atoms in total. The number of carbonyl (C=O) groups excluding carboxylic acids is 1. The maximum Gasteiger partial charge on any atom is 0.308 e. The molecule has 0 aromatic rings. The van der Waals surface area contributed by atoms with Gasteiger partial charge in [-0.25, -0.2) is 0 Å². The molecule has 0 radical (unpaired) electrons. The molecule has 1 fully saturated rings. The Bertz CT molecular complexity index is 1160. The molecule has 284 valence electrons. The summed E-state index contributed by atoms with van der Waals surface area (Å²) in [4.78, 5) is 13.4. The number of esters is 1. The van der Waals surface area contributed by atoms with Gasteiger partial charge in [0.1, 0.15) is 12.2 Å². The third-order valence-corrected chi connectivity index (χ3v) is 20.9. The van der Waals surface area contributed by atoms with Crippen LogP contribution in [0.3, 0.4) is 0 Å². The van der Waals surface area contributed by atoms with E-state index in [1.54, 1.807) is 13.0 Å². The predicted molar refractivity (Wildman–Crippen MR) is 208 cm³/mol. The Morgan fingerprint density at radius 1 is 1.08 bits per heavy atom. The van der Waals surface area contributed by atoms with Gasteiger partial charge in [0.15, 0.2) is 16.6 Å². The molecule has 2 rings (SSSR count). The molecule has 1 saturated heterocycles. The third-order valence-electron chi connectivity index (χ3n) is 11.8. The Labute approximate surface area is 302 Å². The van der Waals surface area contributed by atoms with Crippen LogP contribution >= 0.6 is 0 Å². The van der Waals surface area contributed by atoms with Crippen molar-refractivity contribution < 1.29 is 33.3 Å². The maximum atomic E-state index is 13.4. The summed E-state index contributed by atoms with van der Waals surface area (Å²) in [6, 6.07) is 0. The topological polar surface area (TPSA) is 97.8 Å². The average molecular weight is 723 g/mol. The Morgan fingerprint density at radius 3 is 2.22 bits per heavy atom. The first-order valence-electron chi connectivity index (χ1n) is 18.9. The van der Waals surface area contributed by atoms with Crippen molar-refractivity contribution in [2.24, 2.45) is 17.8 Å². The Morgan fingerprint density at radius 2 is 1.67 bits per heavy atom. The lowest BCUT2D eigenvalue weighted by atomic mass is 9.89. The van der Waals surface area contributed by atoms with Gasteiger partial charge in [0.25, 0.3) is 0 Å². The first-order chi connectivity index (χ1) is 22.2. The van der Waals surface area contributed by atoms with Gasteiger partial charge in [-0.3, -0.25) is 4.79 Å². The standard InChI is InChI=1S/C40H74O7Si2/c1-17-32(47-49(15,16)39(9,10)11)30(5)37-33(44-37)25-27(2)19-18-20-28(3)36-29(4)21-22-34(41)40(12,43)24-23-31(26-35(42)45-36)46-48(13,14)38(6,7)8/h18-22,27,29-34,36-37,41,43H,17,23-26H2,1-16H3/b19-18+,22-21+,28-20+. The quantitative estimate of drug-likeness (QED) is 0.0681. The van der Waals surface area contributed by atoms with Crippen molar-refractivity contribution in [3.63, 3.8) is 0 Å². The van der Waals surface area contributed by atoms with Gasteiger partial charge in [0.2, 0.25) is 0 Å². The smallest absolute Gasteiger partial charge is 0.308 e. The number of allylic oxidation sites excluding steroid dienone is 3. The summed E-state index contributed by atoms with van der Waals surface area (Å²) in [7, 11) is -4.06. The van der Waals surface area contributed by atoms with E-state index in [0.29, 0.717) is 24.7 Å². The van der Waals surface area contributed by atoms with Gasteiger partial charge in [-0.05, 0) is 87.3 Å². The van der Waals surface area contributed by atoms with Crippen LogP contribution in [0.25, 0.3) is 0 Å². The minimum absolute atomic E-state index is 0.0347. The highest BCUT2D eigenvalue weighted by Crippen LogP contribution is 2.42. The highest BCUT2D eigenvalue weighted by Gasteiger charge is 2.48. The number of aliphatic hydroxyl groups is 2. The van der Waals surface area contributed by atoms with E-state index in [9.17, 15) is 15.0 Å². The number of hydrogen-bond donors (Lipinski definition) is 2. The molecule has 2 aliphatic heterocycles.